The zero-order valence-corrected chi connectivity index (χ0v) is 21.1. The Morgan fingerprint density at radius 1 is 1.12 bits per heavy atom. The maximum absolute atomic E-state index is 13.7. The molecule has 3 rings (SSSR count). The third-order valence-corrected chi connectivity index (χ3v) is 5.93. The summed E-state index contributed by atoms with van der Waals surface area (Å²) in [4.78, 5) is 31.3. The lowest BCUT2D eigenvalue weighted by Crippen LogP contribution is -2.46. The van der Waals surface area contributed by atoms with Crippen molar-refractivity contribution < 1.29 is 14.0 Å². The van der Waals surface area contributed by atoms with Crippen molar-refractivity contribution in [2.45, 2.75) is 51.5 Å². The number of amides is 2. The fourth-order valence-corrected chi connectivity index (χ4v) is 4.28. The number of benzene rings is 1. The van der Waals surface area contributed by atoms with Crippen LogP contribution < -0.4 is 16.0 Å². The molecule has 1 unspecified atom stereocenters. The van der Waals surface area contributed by atoms with E-state index in [4.69, 9.17) is 0 Å². The van der Waals surface area contributed by atoms with Gasteiger partial charge >= 0.3 is 0 Å². The SMILES string of the molecule is CCNC(=NCCNC(=O)c1ccccc1F)NC1CCN(C(=O)C2CCCCC2)C1.I. The monoisotopic (exact) mass is 559 g/mol. The van der Waals surface area contributed by atoms with Crippen LogP contribution in [0.3, 0.4) is 0 Å². The minimum atomic E-state index is -0.535. The van der Waals surface area contributed by atoms with Gasteiger partial charge in [-0.25, -0.2) is 4.39 Å². The molecule has 1 aliphatic carbocycles. The van der Waals surface area contributed by atoms with E-state index < -0.39 is 11.7 Å². The van der Waals surface area contributed by atoms with Crippen molar-refractivity contribution in [1.29, 1.82) is 0 Å². The first-order chi connectivity index (χ1) is 15.1. The Morgan fingerprint density at radius 2 is 1.88 bits per heavy atom. The summed E-state index contributed by atoms with van der Waals surface area (Å²) in [5, 5.41) is 9.31. The first-order valence-electron chi connectivity index (χ1n) is 11.4. The fourth-order valence-electron chi connectivity index (χ4n) is 4.28. The molecule has 1 aromatic rings. The lowest BCUT2D eigenvalue weighted by Gasteiger charge is -2.26. The smallest absolute Gasteiger partial charge is 0.254 e. The van der Waals surface area contributed by atoms with Crippen molar-refractivity contribution in [1.82, 2.24) is 20.9 Å². The molecule has 2 aliphatic rings. The lowest BCUT2D eigenvalue weighted by molar-refractivity contribution is -0.135. The molecule has 0 spiro atoms. The summed E-state index contributed by atoms with van der Waals surface area (Å²) in [6.07, 6.45) is 6.52. The molecule has 1 heterocycles. The van der Waals surface area contributed by atoms with Gasteiger partial charge in [0.25, 0.3) is 5.91 Å². The Balaban J connectivity index is 0.00000363. The number of likely N-dealkylation sites (tertiary alicyclic amines) is 1. The minimum absolute atomic E-state index is 0. The van der Waals surface area contributed by atoms with Crippen molar-refractivity contribution in [2.24, 2.45) is 10.9 Å². The van der Waals surface area contributed by atoms with E-state index in [0.29, 0.717) is 38.0 Å². The molecule has 0 bridgehead atoms. The van der Waals surface area contributed by atoms with Gasteiger partial charge < -0.3 is 20.9 Å². The van der Waals surface area contributed by atoms with E-state index in [-0.39, 0.29) is 41.5 Å². The topological polar surface area (TPSA) is 85.8 Å². The molecular weight excluding hydrogens is 524 g/mol. The molecule has 0 aromatic heterocycles. The van der Waals surface area contributed by atoms with Crippen LogP contribution in [0.15, 0.2) is 29.3 Å². The minimum Gasteiger partial charge on any atom is -0.357 e. The van der Waals surface area contributed by atoms with Crippen LogP contribution in [0.1, 0.15) is 55.8 Å². The number of nitrogens with zero attached hydrogens (tertiary/aromatic N) is 2. The summed E-state index contributed by atoms with van der Waals surface area (Å²) in [5.41, 5.74) is 0.0326. The van der Waals surface area contributed by atoms with E-state index in [9.17, 15) is 14.0 Å². The van der Waals surface area contributed by atoms with Gasteiger partial charge in [-0.1, -0.05) is 31.4 Å². The van der Waals surface area contributed by atoms with Gasteiger partial charge in [-0.3, -0.25) is 14.6 Å². The lowest BCUT2D eigenvalue weighted by atomic mass is 9.88. The van der Waals surface area contributed by atoms with Crippen LogP contribution in [0.5, 0.6) is 0 Å². The highest BCUT2D eigenvalue weighted by Gasteiger charge is 2.31. The Hall–Kier alpha value is -1.91. The zero-order valence-electron chi connectivity index (χ0n) is 18.7. The largest absolute Gasteiger partial charge is 0.357 e. The third-order valence-electron chi connectivity index (χ3n) is 5.93. The molecule has 1 atom stereocenters. The van der Waals surface area contributed by atoms with Crippen molar-refractivity contribution in [3.05, 3.63) is 35.6 Å². The van der Waals surface area contributed by atoms with Crippen LogP contribution in [-0.4, -0.2) is 61.4 Å². The highest BCUT2D eigenvalue weighted by Crippen LogP contribution is 2.26. The van der Waals surface area contributed by atoms with Gasteiger partial charge in [0.05, 0.1) is 12.1 Å². The summed E-state index contributed by atoms with van der Waals surface area (Å²) in [7, 11) is 0. The molecule has 1 aliphatic heterocycles. The Morgan fingerprint density at radius 3 is 2.59 bits per heavy atom. The second-order valence-electron chi connectivity index (χ2n) is 8.25. The van der Waals surface area contributed by atoms with Crippen molar-refractivity contribution in [3.8, 4) is 0 Å². The Bertz CT molecular complexity index is 785. The molecule has 9 heteroatoms. The number of nitrogens with one attached hydrogen (secondary N) is 3. The highest BCUT2D eigenvalue weighted by atomic mass is 127. The van der Waals surface area contributed by atoms with E-state index in [0.717, 1.165) is 38.6 Å². The fraction of sp³-hybridized carbons (Fsp3) is 0.609. The van der Waals surface area contributed by atoms with E-state index >= 15 is 0 Å². The predicted molar refractivity (Wildman–Crippen MR) is 135 cm³/mol. The number of carbonyl (C=O) groups is 2. The first kappa shape index (κ1) is 26.3. The molecule has 2 amide bonds. The van der Waals surface area contributed by atoms with Crippen LogP contribution >= 0.6 is 24.0 Å². The molecule has 1 saturated carbocycles. The summed E-state index contributed by atoms with van der Waals surface area (Å²) >= 11 is 0. The summed E-state index contributed by atoms with van der Waals surface area (Å²) in [5.74, 6) is 0.194. The van der Waals surface area contributed by atoms with Crippen LogP contribution in [0.2, 0.25) is 0 Å². The molecule has 3 N–H and O–H groups in total. The third kappa shape index (κ3) is 7.60. The first-order valence-corrected chi connectivity index (χ1v) is 11.4. The van der Waals surface area contributed by atoms with E-state index in [1.54, 1.807) is 12.1 Å². The Labute approximate surface area is 207 Å². The molecule has 7 nitrogen and oxygen atoms in total. The number of rotatable bonds is 7. The number of aliphatic imine (C=N–C) groups is 1. The van der Waals surface area contributed by atoms with Gasteiger partial charge in [0.15, 0.2) is 5.96 Å². The van der Waals surface area contributed by atoms with Crippen molar-refractivity contribution in [2.75, 3.05) is 32.7 Å². The average molecular weight is 559 g/mol. The number of halogens is 2. The number of hydrogen-bond donors (Lipinski definition) is 3. The van der Waals surface area contributed by atoms with E-state index in [1.165, 1.54) is 18.6 Å². The standard InChI is InChI=1S/C23H34FN5O2.HI/c1-2-25-23(27-14-13-26-21(30)19-10-6-7-11-20(19)24)28-18-12-15-29(16-18)22(31)17-8-4-3-5-9-17;/h6-7,10-11,17-18H,2-5,8-9,12-16H2,1H3,(H,26,30)(H2,25,27,28);1H. The molecule has 1 aromatic carbocycles. The number of carbonyl (C=O) groups excluding carboxylic acids is 2. The summed E-state index contributed by atoms with van der Waals surface area (Å²) in [6.45, 7) is 4.86. The van der Waals surface area contributed by atoms with Gasteiger partial charge in [0, 0.05) is 38.1 Å². The van der Waals surface area contributed by atoms with Gasteiger partial charge in [-0.2, -0.15) is 0 Å². The zero-order chi connectivity index (χ0) is 22.1. The number of guanidine groups is 1. The van der Waals surface area contributed by atoms with Crippen molar-refractivity contribution >= 4 is 41.8 Å². The van der Waals surface area contributed by atoms with Gasteiger partial charge in [0.2, 0.25) is 5.91 Å². The summed E-state index contributed by atoms with van der Waals surface area (Å²) < 4.78 is 13.7. The Kier molecular flexibility index (Phi) is 11.2. The highest BCUT2D eigenvalue weighted by molar-refractivity contribution is 14.0. The predicted octanol–water partition coefficient (Wildman–Crippen LogP) is 2.91. The van der Waals surface area contributed by atoms with Crippen LogP contribution in [0.25, 0.3) is 0 Å². The molecule has 0 radical (unpaired) electrons. The molecule has 32 heavy (non-hydrogen) atoms. The maximum atomic E-state index is 13.7. The molecule has 178 valence electrons. The van der Waals surface area contributed by atoms with Crippen molar-refractivity contribution in [3.63, 3.8) is 0 Å². The molecule has 1 saturated heterocycles. The summed E-state index contributed by atoms with van der Waals surface area (Å²) in [6, 6.07) is 6.08. The van der Waals surface area contributed by atoms with Crippen LogP contribution in [0, 0.1) is 11.7 Å². The van der Waals surface area contributed by atoms with E-state index in [2.05, 4.69) is 20.9 Å². The van der Waals surface area contributed by atoms with Gasteiger partial charge in [0.1, 0.15) is 5.82 Å². The second-order valence-corrected chi connectivity index (χ2v) is 8.25. The second kappa shape index (κ2) is 13.6. The van der Waals surface area contributed by atoms with E-state index in [1.807, 2.05) is 11.8 Å². The average Bonchev–Trinajstić information content (AvgIpc) is 3.25. The van der Waals surface area contributed by atoms with Gasteiger partial charge in [-0.15, -0.1) is 24.0 Å². The van der Waals surface area contributed by atoms with Crippen LogP contribution in [-0.2, 0) is 4.79 Å². The number of hydrogen-bond acceptors (Lipinski definition) is 3. The van der Waals surface area contributed by atoms with Gasteiger partial charge in [-0.05, 0) is 38.3 Å². The molecular formula is C23H35FIN5O2. The van der Waals surface area contributed by atoms with Crippen LogP contribution in [0.4, 0.5) is 4.39 Å². The quantitative estimate of drug-likeness (QED) is 0.208. The normalized spacial score (nSPS) is 19.2. The maximum Gasteiger partial charge on any atom is 0.254 e. The molecule has 2 fully saturated rings.